The maximum absolute atomic E-state index is 5.68. The van der Waals surface area contributed by atoms with Crippen molar-refractivity contribution in [3.8, 4) is 0 Å². The highest BCUT2D eigenvalue weighted by molar-refractivity contribution is 5.58. The molecule has 5 nitrogen and oxygen atoms in total. The van der Waals surface area contributed by atoms with Gasteiger partial charge in [0, 0.05) is 18.7 Å². The molecule has 0 spiro atoms. The van der Waals surface area contributed by atoms with Crippen LogP contribution in [-0.4, -0.2) is 41.8 Å². The third-order valence-electron chi connectivity index (χ3n) is 3.48. The first-order chi connectivity index (χ1) is 9.13. The predicted octanol–water partition coefficient (Wildman–Crippen LogP) is 2.22. The van der Waals surface area contributed by atoms with Crippen LogP contribution < -0.4 is 10.2 Å². The van der Waals surface area contributed by atoms with Crippen LogP contribution in [-0.2, 0) is 4.74 Å². The lowest BCUT2D eigenvalue weighted by atomic mass is 10.1. The van der Waals surface area contributed by atoms with Gasteiger partial charge in [0.1, 0.15) is 18.0 Å². The van der Waals surface area contributed by atoms with E-state index in [4.69, 9.17) is 4.74 Å². The van der Waals surface area contributed by atoms with E-state index in [1.54, 1.807) is 6.33 Å². The second kappa shape index (κ2) is 6.19. The molecule has 5 heteroatoms. The number of morpholine rings is 1. The molecule has 2 rings (SSSR count). The number of hydrogen-bond donors (Lipinski definition) is 1. The van der Waals surface area contributed by atoms with Crippen LogP contribution in [0.3, 0.4) is 0 Å². The van der Waals surface area contributed by atoms with Crippen LogP contribution in [0.4, 0.5) is 11.6 Å². The van der Waals surface area contributed by atoms with Gasteiger partial charge in [-0.05, 0) is 27.2 Å². The Morgan fingerprint density at radius 2 is 2.21 bits per heavy atom. The van der Waals surface area contributed by atoms with E-state index in [0.29, 0.717) is 6.04 Å². The summed E-state index contributed by atoms with van der Waals surface area (Å²) >= 11 is 0. The SMILES string of the molecule is CCCNc1ncnc(N2CC(C)OCC2C)c1C. The van der Waals surface area contributed by atoms with Crippen LogP contribution in [0, 0.1) is 6.92 Å². The van der Waals surface area contributed by atoms with Crippen LogP contribution in [0.2, 0.25) is 0 Å². The van der Waals surface area contributed by atoms with Crippen molar-refractivity contribution in [3.63, 3.8) is 0 Å². The van der Waals surface area contributed by atoms with Gasteiger partial charge in [0.25, 0.3) is 0 Å². The van der Waals surface area contributed by atoms with Gasteiger partial charge in [-0.2, -0.15) is 0 Å². The highest BCUT2D eigenvalue weighted by atomic mass is 16.5. The van der Waals surface area contributed by atoms with Gasteiger partial charge in [0.15, 0.2) is 0 Å². The molecule has 1 aromatic heterocycles. The Morgan fingerprint density at radius 1 is 1.42 bits per heavy atom. The Labute approximate surface area is 115 Å². The quantitative estimate of drug-likeness (QED) is 0.903. The maximum atomic E-state index is 5.68. The van der Waals surface area contributed by atoms with Crippen LogP contribution in [0.5, 0.6) is 0 Å². The maximum Gasteiger partial charge on any atom is 0.137 e. The number of hydrogen-bond acceptors (Lipinski definition) is 5. The van der Waals surface area contributed by atoms with Gasteiger partial charge in [-0.1, -0.05) is 6.92 Å². The minimum atomic E-state index is 0.248. The standard InChI is InChI=1S/C14H24N4O/c1-5-6-15-13-12(4)14(17-9-16-13)18-7-11(3)19-8-10(18)2/h9-11H,5-8H2,1-4H3,(H,15,16,17). The zero-order chi connectivity index (χ0) is 13.8. The topological polar surface area (TPSA) is 50.3 Å². The van der Waals surface area contributed by atoms with Crippen molar-refractivity contribution < 1.29 is 4.74 Å². The molecule has 2 unspecified atom stereocenters. The Hall–Kier alpha value is -1.36. The molecule has 0 radical (unpaired) electrons. The molecule has 1 aromatic rings. The summed E-state index contributed by atoms with van der Waals surface area (Å²) in [5.41, 5.74) is 1.12. The molecule has 1 saturated heterocycles. The molecule has 19 heavy (non-hydrogen) atoms. The summed E-state index contributed by atoms with van der Waals surface area (Å²) in [6.45, 7) is 11.1. The molecule has 0 amide bonds. The summed E-state index contributed by atoms with van der Waals surface area (Å²) in [6, 6.07) is 0.351. The molecule has 1 aliphatic heterocycles. The van der Waals surface area contributed by atoms with Gasteiger partial charge < -0.3 is 15.0 Å². The van der Waals surface area contributed by atoms with Crippen molar-refractivity contribution in [3.05, 3.63) is 11.9 Å². The van der Waals surface area contributed by atoms with Gasteiger partial charge in [-0.25, -0.2) is 9.97 Å². The first-order valence-electron chi connectivity index (χ1n) is 7.07. The Balaban J connectivity index is 2.23. The molecule has 1 aliphatic rings. The molecule has 106 valence electrons. The normalized spacial score (nSPS) is 23.5. The molecule has 1 fully saturated rings. The summed E-state index contributed by atoms with van der Waals surface area (Å²) < 4.78 is 5.68. The molecule has 0 bridgehead atoms. The van der Waals surface area contributed by atoms with Crippen molar-refractivity contribution in [1.29, 1.82) is 0 Å². The summed E-state index contributed by atoms with van der Waals surface area (Å²) in [6.07, 6.45) is 2.98. The van der Waals surface area contributed by atoms with Crippen LogP contribution in [0.25, 0.3) is 0 Å². The molecule has 0 aliphatic carbocycles. The molecule has 0 aromatic carbocycles. The van der Waals surface area contributed by atoms with E-state index in [2.05, 4.69) is 47.9 Å². The number of nitrogens with zero attached hydrogens (tertiary/aromatic N) is 3. The lowest BCUT2D eigenvalue weighted by molar-refractivity contribution is 0.0340. The first-order valence-corrected chi connectivity index (χ1v) is 7.07. The van der Waals surface area contributed by atoms with E-state index in [1.807, 2.05) is 0 Å². The largest absolute Gasteiger partial charge is 0.375 e. The average molecular weight is 264 g/mol. The van der Waals surface area contributed by atoms with Crippen molar-refractivity contribution in [2.45, 2.75) is 46.3 Å². The molecule has 1 N–H and O–H groups in total. The second-order valence-corrected chi connectivity index (χ2v) is 5.24. The highest BCUT2D eigenvalue weighted by Gasteiger charge is 2.26. The average Bonchev–Trinajstić information content (AvgIpc) is 2.41. The predicted molar refractivity (Wildman–Crippen MR) is 77.8 cm³/mol. The number of rotatable bonds is 4. The van der Waals surface area contributed by atoms with Crippen molar-refractivity contribution in [2.75, 3.05) is 29.9 Å². The minimum absolute atomic E-state index is 0.248. The Morgan fingerprint density at radius 3 is 2.95 bits per heavy atom. The van der Waals surface area contributed by atoms with Gasteiger partial charge in [-0.15, -0.1) is 0 Å². The number of nitrogens with one attached hydrogen (secondary N) is 1. The first kappa shape index (κ1) is 14.1. The third kappa shape index (κ3) is 3.15. The number of aromatic nitrogens is 2. The van der Waals surface area contributed by atoms with Crippen molar-refractivity contribution in [2.24, 2.45) is 0 Å². The number of ether oxygens (including phenoxy) is 1. The molecule has 0 saturated carbocycles. The fourth-order valence-corrected chi connectivity index (χ4v) is 2.35. The molecular weight excluding hydrogens is 240 g/mol. The van der Waals surface area contributed by atoms with Gasteiger partial charge in [-0.3, -0.25) is 0 Å². The molecule has 2 heterocycles. The van der Waals surface area contributed by atoms with Gasteiger partial charge in [0.2, 0.25) is 0 Å². The van der Waals surface area contributed by atoms with Crippen LogP contribution >= 0.6 is 0 Å². The second-order valence-electron chi connectivity index (χ2n) is 5.24. The smallest absolute Gasteiger partial charge is 0.137 e. The molecule has 2 atom stereocenters. The fraction of sp³-hybridized carbons (Fsp3) is 0.714. The van der Waals surface area contributed by atoms with E-state index in [9.17, 15) is 0 Å². The van der Waals surface area contributed by atoms with E-state index in [-0.39, 0.29) is 6.10 Å². The summed E-state index contributed by atoms with van der Waals surface area (Å²) in [5.74, 6) is 1.97. The van der Waals surface area contributed by atoms with Crippen molar-refractivity contribution >= 4 is 11.6 Å². The van der Waals surface area contributed by atoms with E-state index in [0.717, 1.165) is 43.3 Å². The van der Waals surface area contributed by atoms with Crippen LogP contribution in [0.15, 0.2) is 6.33 Å². The zero-order valence-corrected chi connectivity index (χ0v) is 12.3. The van der Waals surface area contributed by atoms with Gasteiger partial charge >= 0.3 is 0 Å². The van der Waals surface area contributed by atoms with E-state index >= 15 is 0 Å². The number of anilines is 2. The van der Waals surface area contributed by atoms with Crippen molar-refractivity contribution in [1.82, 2.24) is 9.97 Å². The monoisotopic (exact) mass is 264 g/mol. The summed E-state index contributed by atoms with van der Waals surface area (Å²) in [5, 5.41) is 3.36. The highest BCUT2D eigenvalue weighted by Crippen LogP contribution is 2.26. The molecular formula is C14H24N4O. The van der Waals surface area contributed by atoms with E-state index < -0.39 is 0 Å². The third-order valence-corrected chi connectivity index (χ3v) is 3.48. The fourth-order valence-electron chi connectivity index (χ4n) is 2.35. The van der Waals surface area contributed by atoms with Crippen LogP contribution in [0.1, 0.15) is 32.8 Å². The zero-order valence-electron chi connectivity index (χ0n) is 12.3. The van der Waals surface area contributed by atoms with Gasteiger partial charge in [0.05, 0.1) is 18.8 Å². The van der Waals surface area contributed by atoms with E-state index in [1.165, 1.54) is 0 Å². The Bertz CT molecular complexity index is 424. The lowest BCUT2D eigenvalue weighted by Gasteiger charge is -2.38. The summed E-state index contributed by atoms with van der Waals surface area (Å²) in [7, 11) is 0. The minimum Gasteiger partial charge on any atom is -0.375 e. The summed E-state index contributed by atoms with van der Waals surface area (Å²) in [4.78, 5) is 11.1. The lowest BCUT2D eigenvalue weighted by Crippen LogP contribution is -2.48. The Kier molecular flexibility index (Phi) is 4.58.